The first-order valence-electron chi connectivity index (χ1n) is 6.87. The molecule has 0 bridgehead atoms. The van der Waals surface area contributed by atoms with E-state index in [1.807, 2.05) is 26.8 Å². The fourth-order valence-corrected chi connectivity index (χ4v) is 2.32. The highest BCUT2D eigenvalue weighted by molar-refractivity contribution is 5.81. The van der Waals surface area contributed by atoms with Crippen molar-refractivity contribution >= 4 is 11.7 Å². The molecule has 0 radical (unpaired) electrons. The van der Waals surface area contributed by atoms with E-state index in [1.54, 1.807) is 0 Å². The fourth-order valence-electron chi connectivity index (χ4n) is 2.32. The van der Waals surface area contributed by atoms with Crippen molar-refractivity contribution in [2.24, 2.45) is 0 Å². The Hall–Kier alpha value is -2.09. The van der Waals surface area contributed by atoms with E-state index in [9.17, 15) is 10.1 Å². The zero-order valence-corrected chi connectivity index (χ0v) is 12.2. The maximum atomic E-state index is 11.8. The lowest BCUT2D eigenvalue weighted by Crippen LogP contribution is -2.43. The Morgan fingerprint density at radius 2 is 2.20 bits per heavy atom. The highest BCUT2D eigenvalue weighted by atomic mass is 16.2. The molecule has 0 fully saturated rings. The first kappa shape index (κ1) is 14.3. The minimum absolute atomic E-state index is 0.108. The lowest BCUT2D eigenvalue weighted by atomic mass is 10.1. The first-order chi connectivity index (χ1) is 9.39. The van der Waals surface area contributed by atoms with Crippen LogP contribution >= 0.6 is 0 Å². The molecule has 2 N–H and O–H groups in total. The molecule has 20 heavy (non-hydrogen) atoms. The van der Waals surface area contributed by atoms with Gasteiger partial charge in [-0.1, -0.05) is 0 Å². The highest BCUT2D eigenvalue weighted by Crippen LogP contribution is 2.24. The summed E-state index contributed by atoms with van der Waals surface area (Å²) >= 11 is 0. The molecular formula is C15H20N4O. The van der Waals surface area contributed by atoms with E-state index in [-0.39, 0.29) is 18.0 Å². The number of rotatable bonds is 3. The third kappa shape index (κ3) is 3.47. The molecular weight excluding hydrogens is 252 g/mol. The summed E-state index contributed by atoms with van der Waals surface area (Å²) in [7, 11) is 0. The minimum Gasteiger partial charge on any atom is -0.360 e. The SMILES string of the molecule is CC(C)(C)NC(=O)CNc1nc2c(cc1C#N)CCC2. The molecule has 0 saturated heterocycles. The number of carbonyl (C=O) groups excluding carboxylic acids is 1. The van der Waals surface area contributed by atoms with E-state index in [2.05, 4.69) is 21.7 Å². The van der Waals surface area contributed by atoms with Gasteiger partial charge in [-0.05, 0) is 51.7 Å². The molecule has 0 atom stereocenters. The largest absolute Gasteiger partial charge is 0.360 e. The quantitative estimate of drug-likeness (QED) is 0.879. The number of amides is 1. The van der Waals surface area contributed by atoms with Crippen molar-refractivity contribution in [3.63, 3.8) is 0 Å². The number of aryl methyl sites for hydroxylation is 2. The summed E-state index contributed by atoms with van der Waals surface area (Å²) in [5.41, 5.74) is 2.45. The number of pyridine rings is 1. The Balaban J connectivity index is 2.07. The van der Waals surface area contributed by atoms with Gasteiger partial charge in [-0.25, -0.2) is 4.98 Å². The third-order valence-corrected chi connectivity index (χ3v) is 3.10. The van der Waals surface area contributed by atoms with Crippen LogP contribution in [0.2, 0.25) is 0 Å². The van der Waals surface area contributed by atoms with Gasteiger partial charge >= 0.3 is 0 Å². The van der Waals surface area contributed by atoms with Gasteiger partial charge in [0.1, 0.15) is 11.9 Å². The lowest BCUT2D eigenvalue weighted by Gasteiger charge is -2.20. The Kier molecular flexibility index (Phi) is 3.93. The maximum absolute atomic E-state index is 11.8. The zero-order chi connectivity index (χ0) is 14.8. The van der Waals surface area contributed by atoms with Gasteiger partial charge in [-0.3, -0.25) is 4.79 Å². The van der Waals surface area contributed by atoms with Crippen LogP contribution in [0.3, 0.4) is 0 Å². The molecule has 1 aromatic rings. The molecule has 2 rings (SSSR count). The number of aromatic nitrogens is 1. The van der Waals surface area contributed by atoms with Crippen molar-refractivity contribution in [3.05, 3.63) is 22.9 Å². The van der Waals surface area contributed by atoms with Crippen LogP contribution in [0.25, 0.3) is 0 Å². The van der Waals surface area contributed by atoms with E-state index < -0.39 is 0 Å². The summed E-state index contributed by atoms with van der Waals surface area (Å²) in [6.07, 6.45) is 3.02. The number of nitrogens with zero attached hydrogens (tertiary/aromatic N) is 2. The van der Waals surface area contributed by atoms with Gasteiger partial charge in [0, 0.05) is 11.2 Å². The number of nitriles is 1. The van der Waals surface area contributed by atoms with Crippen molar-refractivity contribution < 1.29 is 4.79 Å². The molecule has 1 amide bonds. The van der Waals surface area contributed by atoms with E-state index in [4.69, 9.17) is 0 Å². The van der Waals surface area contributed by atoms with Crippen LogP contribution in [0.4, 0.5) is 5.82 Å². The molecule has 0 aliphatic heterocycles. The number of fused-ring (bicyclic) bond motifs is 1. The van der Waals surface area contributed by atoms with E-state index in [0.717, 1.165) is 30.5 Å². The summed E-state index contributed by atoms with van der Waals surface area (Å²) < 4.78 is 0. The Bertz CT molecular complexity index is 566. The monoisotopic (exact) mass is 272 g/mol. The second-order valence-corrected chi connectivity index (χ2v) is 6.11. The highest BCUT2D eigenvalue weighted by Gasteiger charge is 2.18. The molecule has 1 heterocycles. The van der Waals surface area contributed by atoms with E-state index >= 15 is 0 Å². The number of hydrogen-bond donors (Lipinski definition) is 2. The summed E-state index contributed by atoms with van der Waals surface area (Å²) in [4.78, 5) is 16.3. The Morgan fingerprint density at radius 1 is 1.45 bits per heavy atom. The summed E-state index contributed by atoms with van der Waals surface area (Å²) in [5, 5.41) is 15.0. The second-order valence-electron chi connectivity index (χ2n) is 6.11. The van der Waals surface area contributed by atoms with Crippen LogP contribution in [0, 0.1) is 11.3 Å². The summed E-state index contributed by atoms with van der Waals surface area (Å²) in [5.74, 6) is 0.404. The van der Waals surface area contributed by atoms with Gasteiger partial charge < -0.3 is 10.6 Å². The van der Waals surface area contributed by atoms with Gasteiger partial charge in [-0.2, -0.15) is 5.26 Å². The zero-order valence-electron chi connectivity index (χ0n) is 12.2. The van der Waals surface area contributed by atoms with Crippen LogP contribution in [0.1, 0.15) is 44.0 Å². The molecule has 5 heteroatoms. The second kappa shape index (κ2) is 5.49. The van der Waals surface area contributed by atoms with Gasteiger partial charge in [0.2, 0.25) is 5.91 Å². The number of anilines is 1. The number of carbonyl (C=O) groups is 1. The van der Waals surface area contributed by atoms with Crippen molar-refractivity contribution in [2.45, 2.75) is 45.6 Å². The number of hydrogen-bond acceptors (Lipinski definition) is 4. The topological polar surface area (TPSA) is 77.8 Å². The predicted octanol–water partition coefficient (Wildman–Crippen LogP) is 1.77. The van der Waals surface area contributed by atoms with Gasteiger partial charge in [0.25, 0.3) is 0 Å². The van der Waals surface area contributed by atoms with E-state index in [0.29, 0.717) is 11.4 Å². The van der Waals surface area contributed by atoms with Crippen LogP contribution in [0.15, 0.2) is 6.07 Å². The maximum Gasteiger partial charge on any atom is 0.239 e. The molecule has 5 nitrogen and oxygen atoms in total. The Labute approximate surface area is 119 Å². The molecule has 0 unspecified atom stereocenters. The standard InChI is InChI=1S/C15H20N4O/c1-15(2,3)19-13(20)9-17-14-11(8-16)7-10-5-4-6-12(10)18-14/h7H,4-6,9H2,1-3H3,(H,17,18)(H,19,20). The summed E-state index contributed by atoms with van der Waals surface area (Å²) in [6, 6.07) is 4.03. The van der Waals surface area contributed by atoms with E-state index in [1.165, 1.54) is 0 Å². The van der Waals surface area contributed by atoms with Gasteiger partial charge in [0.05, 0.1) is 12.1 Å². The molecule has 1 aliphatic carbocycles. The van der Waals surface area contributed by atoms with Gasteiger partial charge in [0.15, 0.2) is 0 Å². The van der Waals surface area contributed by atoms with Crippen LogP contribution in [-0.2, 0) is 17.6 Å². The third-order valence-electron chi connectivity index (χ3n) is 3.10. The van der Waals surface area contributed by atoms with Gasteiger partial charge in [-0.15, -0.1) is 0 Å². The molecule has 1 aromatic heterocycles. The van der Waals surface area contributed by atoms with Crippen molar-refractivity contribution in [3.8, 4) is 6.07 Å². The van der Waals surface area contributed by atoms with Crippen LogP contribution in [0.5, 0.6) is 0 Å². The number of nitrogens with one attached hydrogen (secondary N) is 2. The van der Waals surface area contributed by atoms with Crippen molar-refractivity contribution in [1.82, 2.24) is 10.3 Å². The molecule has 0 aromatic carbocycles. The Morgan fingerprint density at radius 3 is 2.85 bits per heavy atom. The minimum atomic E-state index is -0.262. The first-order valence-corrected chi connectivity index (χ1v) is 6.87. The van der Waals surface area contributed by atoms with Crippen LogP contribution < -0.4 is 10.6 Å². The molecule has 1 aliphatic rings. The van der Waals surface area contributed by atoms with Crippen LogP contribution in [-0.4, -0.2) is 23.0 Å². The normalized spacial score (nSPS) is 13.5. The smallest absolute Gasteiger partial charge is 0.239 e. The molecule has 0 spiro atoms. The molecule has 0 saturated carbocycles. The average molecular weight is 272 g/mol. The van der Waals surface area contributed by atoms with Crippen molar-refractivity contribution in [1.29, 1.82) is 5.26 Å². The lowest BCUT2D eigenvalue weighted by molar-refractivity contribution is -0.120. The predicted molar refractivity (Wildman–Crippen MR) is 77.4 cm³/mol. The average Bonchev–Trinajstić information content (AvgIpc) is 2.79. The fraction of sp³-hybridized carbons (Fsp3) is 0.533. The summed E-state index contributed by atoms with van der Waals surface area (Å²) in [6.45, 7) is 5.91. The molecule has 106 valence electrons. The van der Waals surface area contributed by atoms with Crippen molar-refractivity contribution in [2.75, 3.05) is 11.9 Å².